The minimum atomic E-state index is 0.0488. The van der Waals surface area contributed by atoms with E-state index in [1.807, 2.05) is 23.6 Å². The zero-order valence-electron chi connectivity index (χ0n) is 15.2. The maximum Gasteiger partial charge on any atom is 0.226 e. The van der Waals surface area contributed by atoms with Gasteiger partial charge in [0.15, 0.2) is 5.13 Å². The van der Waals surface area contributed by atoms with Crippen LogP contribution in [0.3, 0.4) is 0 Å². The van der Waals surface area contributed by atoms with Gasteiger partial charge in [0.1, 0.15) is 11.5 Å². The Hall–Kier alpha value is -2.28. The summed E-state index contributed by atoms with van der Waals surface area (Å²) in [5.41, 5.74) is 1.55. The molecule has 1 fully saturated rings. The van der Waals surface area contributed by atoms with Gasteiger partial charge in [0, 0.05) is 17.5 Å². The number of nitrogens with one attached hydrogen (secondary N) is 2. The fourth-order valence-corrected chi connectivity index (χ4v) is 3.89. The number of carbonyl (C=O) groups excluding carboxylic acids is 1. The van der Waals surface area contributed by atoms with Gasteiger partial charge in [-0.3, -0.25) is 4.79 Å². The second kappa shape index (κ2) is 8.89. The fraction of sp³-hybridized carbons (Fsp3) is 0.474. The first-order chi connectivity index (χ1) is 12.7. The van der Waals surface area contributed by atoms with Crippen LogP contribution in [0.1, 0.15) is 37.8 Å². The van der Waals surface area contributed by atoms with Crippen molar-refractivity contribution in [2.75, 3.05) is 19.5 Å². The molecule has 140 valence electrons. The molecule has 0 bridgehead atoms. The average molecular weight is 375 g/mol. The van der Waals surface area contributed by atoms with E-state index in [4.69, 9.17) is 9.47 Å². The Balaban J connectivity index is 1.60. The summed E-state index contributed by atoms with van der Waals surface area (Å²) in [7, 11) is 3.24. The molecule has 1 aliphatic carbocycles. The quantitative estimate of drug-likeness (QED) is 0.768. The summed E-state index contributed by atoms with van der Waals surface area (Å²) >= 11 is 1.47. The van der Waals surface area contributed by atoms with Gasteiger partial charge in [0.2, 0.25) is 5.91 Å². The number of hydrogen-bond donors (Lipinski definition) is 2. The van der Waals surface area contributed by atoms with Gasteiger partial charge in [-0.15, -0.1) is 11.3 Å². The second-order valence-electron chi connectivity index (χ2n) is 6.41. The third kappa shape index (κ3) is 4.88. The van der Waals surface area contributed by atoms with Crippen molar-refractivity contribution < 1.29 is 14.3 Å². The number of benzene rings is 1. The molecule has 26 heavy (non-hydrogen) atoms. The highest BCUT2D eigenvalue weighted by atomic mass is 32.1. The number of anilines is 2. The van der Waals surface area contributed by atoms with Crippen LogP contribution in [0.5, 0.6) is 11.5 Å². The molecule has 6 nitrogen and oxygen atoms in total. The van der Waals surface area contributed by atoms with Gasteiger partial charge < -0.3 is 20.1 Å². The second-order valence-corrected chi connectivity index (χ2v) is 7.27. The first kappa shape index (κ1) is 18.5. The fourth-order valence-electron chi connectivity index (χ4n) is 3.16. The van der Waals surface area contributed by atoms with Gasteiger partial charge in [0.25, 0.3) is 0 Å². The number of amides is 1. The van der Waals surface area contributed by atoms with Crippen molar-refractivity contribution in [2.24, 2.45) is 0 Å². The van der Waals surface area contributed by atoms with Gasteiger partial charge in [0.05, 0.1) is 32.0 Å². The summed E-state index contributed by atoms with van der Waals surface area (Å²) in [5, 5.41) is 9.00. The molecular formula is C19H25N3O3S. The number of aromatic nitrogens is 1. The third-order valence-electron chi connectivity index (χ3n) is 4.51. The van der Waals surface area contributed by atoms with Crippen molar-refractivity contribution in [3.05, 3.63) is 29.3 Å². The summed E-state index contributed by atoms with van der Waals surface area (Å²) in [6.07, 6.45) is 6.18. The first-order valence-corrected chi connectivity index (χ1v) is 9.78. The van der Waals surface area contributed by atoms with Gasteiger partial charge in [-0.05, 0) is 25.0 Å². The largest absolute Gasteiger partial charge is 0.497 e. The SMILES string of the molecule is COc1ccc(OC)c(Nc2nc(CC(=O)NC3CCCCC3)cs2)c1. The Morgan fingerprint density at radius 2 is 2.04 bits per heavy atom. The Morgan fingerprint density at radius 3 is 2.77 bits per heavy atom. The highest BCUT2D eigenvalue weighted by molar-refractivity contribution is 7.13. The molecule has 0 unspecified atom stereocenters. The highest BCUT2D eigenvalue weighted by Crippen LogP contribution is 2.32. The van der Waals surface area contributed by atoms with Crippen molar-refractivity contribution in [3.8, 4) is 11.5 Å². The first-order valence-electron chi connectivity index (χ1n) is 8.90. The standard InChI is InChI=1S/C19H25N3O3S/c1-24-15-8-9-17(25-2)16(11-15)22-19-21-14(12-26-19)10-18(23)20-13-6-4-3-5-7-13/h8-9,11-13H,3-7,10H2,1-2H3,(H,20,23)(H,21,22). The summed E-state index contributed by atoms with van der Waals surface area (Å²) in [6, 6.07) is 5.86. The number of carbonyl (C=O) groups is 1. The Labute approximate surface area is 157 Å². The van der Waals surface area contributed by atoms with Crippen LogP contribution in [-0.2, 0) is 11.2 Å². The molecule has 1 heterocycles. The van der Waals surface area contributed by atoms with E-state index < -0.39 is 0 Å². The van der Waals surface area contributed by atoms with Gasteiger partial charge in [-0.25, -0.2) is 4.98 Å². The predicted molar refractivity (Wildman–Crippen MR) is 104 cm³/mol. The normalized spacial score (nSPS) is 14.7. The molecule has 0 atom stereocenters. The maximum absolute atomic E-state index is 12.2. The van der Waals surface area contributed by atoms with E-state index in [2.05, 4.69) is 15.6 Å². The topological polar surface area (TPSA) is 72.5 Å². The van der Waals surface area contributed by atoms with E-state index in [0.29, 0.717) is 18.2 Å². The van der Waals surface area contributed by atoms with Crippen LogP contribution in [0.25, 0.3) is 0 Å². The lowest BCUT2D eigenvalue weighted by Gasteiger charge is -2.22. The molecule has 0 aliphatic heterocycles. The molecular weight excluding hydrogens is 350 g/mol. The molecule has 2 N–H and O–H groups in total. The molecule has 1 amide bonds. The van der Waals surface area contributed by atoms with Crippen molar-refractivity contribution >= 4 is 28.1 Å². The molecule has 3 rings (SSSR count). The number of thiazole rings is 1. The lowest BCUT2D eigenvalue weighted by Crippen LogP contribution is -2.37. The highest BCUT2D eigenvalue weighted by Gasteiger charge is 2.17. The van der Waals surface area contributed by atoms with E-state index in [0.717, 1.165) is 35.1 Å². The molecule has 2 aromatic rings. The Morgan fingerprint density at radius 1 is 1.23 bits per heavy atom. The van der Waals surface area contributed by atoms with Crippen LogP contribution >= 0.6 is 11.3 Å². The minimum Gasteiger partial charge on any atom is -0.497 e. The molecule has 1 aromatic heterocycles. The summed E-state index contributed by atoms with van der Waals surface area (Å²) in [6.45, 7) is 0. The van der Waals surface area contributed by atoms with E-state index in [1.165, 1.54) is 30.6 Å². The zero-order valence-corrected chi connectivity index (χ0v) is 16.0. The van der Waals surface area contributed by atoms with E-state index in [1.54, 1.807) is 14.2 Å². The zero-order chi connectivity index (χ0) is 18.4. The lowest BCUT2D eigenvalue weighted by molar-refractivity contribution is -0.121. The average Bonchev–Trinajstić information content (AvgIpc) is 3.09. The maximum atomic E-state index is 12.2. The lowest BCUT2D eigenvalue weighted by atomic mass is 9.95. The van der Waals surface area contributed by atoms with E-state index >= 15 is 0 Å². The van der Waals surface area contributed by atoms with Gasteiger partial charge in [-0.2, -0.15) is 0 Å². The Bertz CT molecular complexity index is 741. The van der Waals surface area contributed by atoms with Gasteiger partial charge in [-0.1, -0.05) is 19.3 Å². The number of methoxy groups -OCH3 is 2. The minimum absolute atomic E-state index is 0.0488. The molecule has 1 aliphatic rings. The van der Waals surface area contributed by atoms with Crippen LogP contribution < -0.4 is 20.1 Å². The van der Waals surface area contributed by atoms with Crippen molar-refractivity contribution in [2.45, 2.75) is 44.6 Å². The van der Waals surface area contributed by atoms with Crippen molar-refractivity contribution in [3.63, 3.8) is 0 Å². The van der Waals surface area contributed by atoms with E-state index in [9.17, 15) is 4.79 Å². The van der Waals surface area contributed by atoms with Crippen LogP contribution in [0.15, 0.2) is 23.6 Å². The molecule has 1 aromatic carbocycles. The predicted octanol–water partition coefficient (Wildman–Crippen LogP) is 3.90. The summed E-state index contributed by atoms with van der Waals surface area (Å²) in [4.78, 5) is 16.7. The number of ether oxygens (including phenoxy) is 2. The molecule has 0 spiro atoms. The Kier molecular flexibility index (Phi) is 6.33. The van der Waals surface area contributed by atoms with Crippen LogP contribution in [0.2, 0.25) is 0 Å². The molecule has 7 heteroatoms. The van der Waals surface area contributed by atoms with Crippen LogP contribution in [-0.4, -0.2) is 31.2 Å². The van der Waals surface area contributed by atoms with Crippen LogP contribution in [0, 0.1) is 0 Å². The molecule has 1 saturated carbocycles. The van der Waals surface area contributed by atoms with Crippen LogP contribution in [0.4, 0.5) is 10.8 Å². The number of rotatable bonds is 7. The molecule has 0 radical (unpaired) electrons. The van der Waals surface area contributed by atoms with Gasteiger partial charge >= 0.3 is 0 Å². The summed E-state index contributed by atoms with van der Waals surface area (Å²) < 4.78 is 10.6. The van der Waals surface area contributed by atoms with E-state index in [-0.39, 0.29) is 5.91 Å². The van der Waals surface area contributed by atoms with Crippen molar-refractivity contribution in [1.82, 2.24) is 10.3 Å². The molecule has 0 saturated heterocycles. The third-order valence-corrected chi connectivity index (χ3v) is 5.32. The number of hydrogen-bond acceptors (Lipinski definition) is 6. The monoisotopic (exact) mass is 375 g/mol. The smallest absolute Gasteiger partial charge is 0.226 e. The number of nitrogens with zero attached hydrogens (tertiary/aromatic N) is 1. The summed E-state index contributed by atoms with van der Waals surface area (Å²) in [5.74, 6) is 1.49. The van der Waals surface area contributed by atoms with Crippen molar-refractivity contribution in [1.29, 1.82) is 0 Å².